The third-order valence-electron chi connectivity index (χ3n) is 3.41. The summed E-state index contributed by atoms with van der Waals surface area (Å²) in [5.74, 6) is -1.22. The van der Waals surface area contributed by atoms with Crippen molar-refractivity contribution in [3.63, 3.8) is 0 Å². The van der Waals surface area contributed by atoms with Gasteiger partial charge in [0.15, 0.2) is 11.5 Å². The zero-order chi connectivity index (χ0) is 20.0. The molecule has 2 rings (SSSR count). The van der Waals surface area contributed by atoms with Crippen LogP contribution in [-0.2, 0) is 14.4 Å². The Morgan fingerprint density at radius 1 is 0.889 bits per heavy atom. The van der Waals surface area contributed by atoms with Crippen molar-refractivity contribution in [3.8, 4) is 17.2 Å². The number of carboxylic acids is 1. The van der Waals surface area contributed by atoms with Crippen LogP contribution < -0.4 is 14.2 Å². The summed E-state index contributed by atoms with van der Waals surface area (Å²) in [6, 6.07) is 10.8. The molecule has 0 heterocycles. The van der Waals surface area contributed by atoms with Crippen LogP contribution in [0.15, 0.2) is 42.5 Å². The highest BCUT2D eigenvalue weighted by atomic mass is 16.6. The van der Waals surface area contributed by atoms with E-state index in [1.165, 1.54) is 45.2 Å². The van der Waals surface area contributed by atoms with E-state index in [1.54, 1.807) is 24.3 Å². The molecule has 140 valence electrons. The van der Waals surface area contributed by atoms with Crippen LogP contribution in [0, 0.1) is 0 Å². The predicted octanol–water partition coefficient (Wildman–Crippen LogP) is 3.17. The summed E-state index contributed by atoms with van der Waals surface area (Å²) in [7, 11) is 1.42. The summed E-state index contributed by atoms with van der Waals surface area (Å²) in [5, 5.41) is 9.55. The lowest BCUT2D eigenvalue weighted by Crippen LogP contribution is -2.03. The Bertz CT molecular complexity index is 895. The maximum Gasteiger partial charge on any atom is 0.336 e. The van der Waals surface area contributed by atoms with Gasteiger partial charge in [0, 0.05) is 13.8 Å². The molecule has 0 saturated carbocycles. The number of carbonyl (C=O) groups excluding carboxylic acids is 2. The summed E-state index contributed by atoms with van der Waals surface area (Å²) in [5.41, 5.74) is 1.01. The third-order valence-corrected chi connectivity index (χ3v) is 3.41. The molecule has 0 unspecified atom stereocenters. The Hall–Kier alpha value is -3.61. The van der Waals surface area contributed by atoms with Crippen molar-refractivity contribution < 1.29 is 33.7 Å². The van der Waals surface area contributed by atoms with Crippen LogP contribution in [0.1, 0.15) is 25.0 Å². The molecule has 7 nitrogen and oxygen atoms in total. The molecule has 0 spiro atoms. The first-order valence-electron chi connectivity index (χ1n) is 7.90. The minimum Gasteiger partial charge on any atom is -0.493 e. The van der Waals surface area contributed by atoms with E-state index in [1.807, 2.05) is 0 Å². The molecule has 2 aromatic carbocycles. The van der Waals surface area contributed by atoms with Crippen molar-refractivity contribution in [2.24, 2.45) is 0 Å². The molecule has 7 heteroatoms. The van der Waals surface area contributed by atoms with E-state index >= 15 is 0 Å². The van der Waals surface area contributed by atoms with Gasteiger partial charge < -0.3 is 19.3 Å². The van der Waals surface area contributed by atoms with Gasteiger partial charge in [-0.1, -0.05) is 18.2 Å². The van der Waals surface area contributed by atoms with Crippen molar-refractivity contribution in [2.75, 3.05) is 7.11 Å². The lowest BCUT2D eigenvalue weighted by Gasteiger charge is -2.09. The molecule has 1 N–H and O–H groups in total. The summed E-state index contributed by atoms with van der Waals surface area (Å²) in [4.78, 5) is 33.8. The summed E-state index contributed by atoms with van der Waals surface area (Å²) >= 11 is 0. The smallest absolute Gasteiger partial charge is 0.336 e. The van der Waals surface area contributed by atoms with Gasteiger partial charge in [0.1, 0.15) is 5.75 Å². The Labute approximate surface area is 155 Å². The van der Waals surface area contributed by atoms with E-state index in [2.05, 4.69) is 0 Å². The summed E-state index contributed by atoms with van der Waals surface area (Å²) in [6.07, 6.45) is 1.46. The molecule has 0 saturated heterocycles. The molecule has 27 heavy (non-hydrogen) atoms. The molecular formula is C20H18O7. The highest BCUT2D eigenvalue weighted by Crippen LogP contribution is 2.30. The van der Waals surface area contributed by atoms with Crippen LogP contribution in [0.4, 0.5) is 0 Å². The van der Waals surface area contributed by atoms with Crippen molar-refractivity contribution in [3.05, 3.63) is 53.6 Å². The number of carbonyl (C=O) groups is 3. The number of rotatable bonds is 6. The van der Waals surface area contributed by atoms with Crippen molar-refractivity contribution >= 4 is 29.6 Å². The van der Waals surface area contributed by atoms with Gasteiger partial charge in [-0.05, 0) is 41.5 Å². The number of aliphatic carboxylic acids is 1. The van der Waals surface area contributed by atoms with E-state index in [4.69, 9.17) is 14.2 Å². The van der Waals surface area contributed by atoms with Crippen LogP contribution in [0.5, 0.6) is 17.2 Å². The number of carboxylic acid groups (broad SMARTS) is 1. The van der Waals surface area contributed by atoms with Gasteiger partial charge in [-0.3, -0.25) is 9.59 Å². The zero-order valence-corrected chi connectivity index (χ0v) is 15.0. The van der Waals surface area contributed by atoms with Gasteiger partial charge in [0.2, 0.25) is 0 Å². The van der Waals surface area contributed by atoms with Crippen molar-refractivity contribution in [2.45, 2.75) is 13.8 Å². The van der Waals surface area contributed by atoms with E-state index in [-0.39, 0.29) is 11.3 Å². The second kappa shape index (κ2) is 8.66. The number of esters is 2. The molecule has 0 fully saturated rings. The molecule has 0 amide bonds. The fourth-order valence-corrected chi connectivity index (χ4v) is 2.32. The molecule has 0 aromatic heterocycles. The lowest BCUT2D eigenvalue weighted by atomic mass is 10.0. The molecule has 0 aliphatic rings. The summed E-state index contributed by atoms with van der Waals surface area (Å²) in [6.45, 7) is 2.55. The molecular weight excluding hydrogens is 352 g/mol. The number of hydrogen-bond acceptors (Lipinski definition) is 6. The number of ether oxygens (including phenoxy) is 3. The van der Waals surface area contributed by atoms with E-state index < -0.39 is 17.9 Å². The Kier molecular flexibility index (Phi) is 6.32. The lowest BCUT2D eigenvalue weighted by molar-refractivity contribution is -0.132. The molecule has 0 atom stereocenters. The fraction of sp³-hybridized carbons (Fsp3) is 0.150. The van der Waals surface area contributed by atoms with E-state index in [0.717, 1.165) is 0 Å². The largest absolute Gasteiger partial charge is 0.493 e. The van der Waals surface area contributed by atoms with Crippen LogP contribution in [0.3, 0.4) is 0 Å². The second-order valence-corrected chi connectivity index (χ2v) is 5.49. The average molecular weight is 370 g/mol. The normalized spacial score (nSPS) is 10.9. The van der Waals surface area contributed by atoms with Crippen molar-refractivity contribution in [1.82, 2.24) is 0 Å². The first-order chi connectivity index (χ1) is 12.8. The highest BCUT2D eigenvalue weighted by molar-refractivity contribution is 6.20. The second-order valence-electron chi connectivity index (χ2n) is 5.49. The van der Waals surface area contributed by atoms with E-state index in [0.29, 0.717) is 22.6 Å². The van der Waals surface area contributed by atoms with Gasteiger partial charge >= 0.3 is 17.9 Å². The first-order valence-corrected chi connectivity index (χ1v) is 7.90. The molecule has 2 aromatic rings. The van der Waals surface area contributed by atoms with Gasteiger partial charge in [0.05, 0.1) is 12.7 Å². The van der Waals surface area contributed by atoms with Crippen LogP contribution in [0.25, 0.3) is 11.6 Å². The van der Waals surface area contributed by atoms with E-state index in [9.17, 15) is 19.5 Å². The predicted molar refractivity (Wildman–Crippen MR) is 97.6 cm³/mol. The Morgan fingerprint density at radius 2 is 1.52 bits per heavy atom. The molecule has 0 aliphatic carbocycles. The SMILES string of the molecule is COc1cc(/C=C(/C(=O)O)c2ccc(OC(C)=O)cc2)ccc1OC(C)=O. The fourth-order valence-electron chi connectivity index (χ4n) is 2.32. The number of benzene rings is 2. The highest BCUT2D eigenvalue weighted by Gasteiger charge is 2.13. The van der Waals surface area contributed by atoms with Crippen LogP contribution >= 0.6 is 0 Å². The Morgan fingerprint density at radius 3 is 2.04 bits per heavy atom. The van der Waals surface area contributed by atoms with Gasteiger partial charge in [-0.25, -0.2) is 4.79 Å². The maximum atomic E-state index is 11.7. The average Bonchev–Trinajstić information content (AvgIpc) is 2.60. The number of methoxy groups -OCH3 is 1. The van der Waals surface area contributed by atoms with Crippen LogP contribution in [-0.4, -0.2) is 30.1 Å². The minimum absolute atomic E-state index is 0.0339. The Balaban J connectivity index is 2.38. The number of hydrogen-bond donors (Lipinski definition) is 1. The molecule has 0 bridgehead atoms. The molecule has 0 aliphatic heterocycles. The van der Waals surface area contributed by atoms with Gasteiger partial charge in [-0.15, -0.1) is 0 Å². The first kappa shape index (κ1) is 19.7. The minimum atomic E-state index is -1.13. The third kappa shape index (κ3) is 5.43. The molecule has 0 radical (unpaired) electrons. The van der Waals surface area contributed by atoms with Crippen molar-refractivity contribution in [1.29, 1.82) is 0 Å². The van der Waals surface area contributed by atoms with Gasteiger partial charge in [0.25, 0.3) is 0 Å². The quantitative estimate of drug-likeness (QED) is 0.361. The van der Waals surface area contributed by atoms with Gasteiger partial charge in [-0.2, -0.15) is 0 Å². The standard InChI is InChI=1S/C20H18O7/c1-12(21)26-16-7-5-15(6-8-16)17(20(23)24)10-14-4-9-18(27-13(2)22)19(11-14)25-3/h4-11H,1-3H3,(H,23,24)/b17-10+. The maximum absolute atomic E-state index is 11.7. The topological polar surface area (TPSA) is 99.1 Å². The summed E-state index contributed by atoms with van der Waals surface area (Å²) < 4.78 is 15.2. The van der Waals surface area contributed by atoms with Crippen LogP contribution in [0.2, 0.25) is 0 Å². The zero-order valence-electron chi connectivity index (χ0n) is 15.0. The monoisotopic (exact) mass is 370 g/mol.